The van der Waals surface area contributed by atoms with Gasteiger partial charge >= 0.3 is 6.09 Å². The monoisotopic (exact) mass is 443 g/mol. The molecule has 2 N–H and O–H groups in total. The third kappa shape index (κ3) is 3.59. The molecule has 2 heterocycles. The number of amides is 2. The number of carbonyl (C=O) groups excluding carboxylic acids is 1. The lowest BCUT2D eigenvalue weighted by atomic mass is 9.71. The van der Waals surface area contributed by atoms with Crippen LogP contribution in [0.15, 0.2) is 60.7 Å². The number of carbonyl (C=O) groups is 2. The number of fused-ring (bicyclic) bond motifs is 1. The summed E-state index contributed by atoms with van der Waals surface area (Å²) in [5, 5.41) is 12.0. The Kier molecular flexibility index (Phi) is 5.04. The van der Waals surface area contributed by atoms with E-state index in [4.69, 9.17) is 9.72 Å². The van der Waals surface area contributed by atoms with Crippen molar-refractivity contribution in [1.29, 1.82) is 0 Å². The highest BCUT2D eigenvalue weighted by Gasteiger charge is 2.40. The Morgan fingerprint density at radius 2 is 1.82 bits per heavy atom. The second kappa shape index (κ2) is 7.92. The maximum Gasteiger partial charge on any atom is 0.405 e. The lowest BCUT2D eigenvalue weighted by Crippen LogP contribution is -2.50. The molecular weight excluding hydrogens is 418 g/mol. The second-order valence-corrected chi connectivity index (χ2v) is 8.68. The van der Waals surface area contributed by atoms with Crippen LogP contribution in [0.25, 0.3) is 22.4 Å². The maximum atomic E-state index is 12.5. The normalized spacial score (nSPS) is 18.7. The van der Waals surface area contributed by atoms with Gasteiger partial charge in [-0.25, -0.2) is 9.78 Å². The molecule has 33 heavy (non-hydrogen) atoms. The van der Waals surface area contributed by atoms with E-state index in [2.05, 4.69) is 5.32 Å². The quantitative estimate of drug-likeness (QED) is 0.604. The molecule has 3 aromatic rings. The van der Waals surface area contributed by atoms with Crippen molar-refractivity contribution in [1.82, 2.24) is 10.3 Å². The molecule has 1 aromatic heterocycles. The van der Waals surface area contributed by atoms with Crippen molar-refractivity contribution >= 4 is 17.7 Å². The zero-order valence-electron chi connectivity index (χ0n) is 18.5. The van der Waals surface area contributed by atoms with Crippen molar-refractivity contribution in [2.24, 2.45) is 0 Å². The van der Waals surface area contributed by atoms with E-state index in [0.29, 0.717) is 11.6 Å². The molecule has 5 rings (SSSR count). The largest absolute Gasteiger partial charge is 0.465 e. The van der Waals surface area contributed by atoms with E-state index >= 15 is 0 Å². The van der Waals surface area contributed by atoms with Gasteiger partial charge in [0.15, 0.2) is 6.10 Å². The fourth-order valence-corrected chi connectivity index (χ4v) is 4.65. The number of hydrogen-bond acceptors (Lipinski definition) is 4. The number of nitrogens with zero attached hydrogens (tertiary/aromatic N) is 2. The minimum Gasteiger partial charge on any atom is -0.465 e. The number of pyridine rings is 1. The van der Waals surface area contributed by atoms with E-state index in [0.717, 1.165) is 47.2 Å². The number of carboxylic acid groups (broad SMARTS) is 1. The van der Waals surface area contributed by atoms with Crippen LogP contribution in [0, 0.1) is 0 Å². The van der Waals surface area contributed by atoms with Crippen LogP contribution in [-0.2, 0) is 10.3 Å². The number of nitrogens with one attached hydrogen (secondary N) is 1. The summed E-state index contributed by atoms with van der Waals surface area (Å²) in [6.45, 7) is 1.72. The minimum absolute atomic E-state index is 0.114. The van der Waals surface area contributed by atoms with E-state index in [1.165, 1.54) is 0 Å². The molecule has 7 heteroatoms. The molecule has 1 saturated carbocycles. The molecule has 0 spiro atoms. The van der Waals surface area contributed by atoms with E-state index in [-0.39, 0.29) is 5.91 Å². The molecule has 0 saturated heterocycles. The Morgan fingerprint density at radius 3 is 2.42 bits per heavy atom. The molecule has 2 aliphatic rings. The molecule has 2 aromatic carbocycles. The number of benzene rings is 2. The van der Waals surface area contributed by atoms with Gasteiger partial charge in [-0.15, -0.1) is 0 Å². The number of ether oxygens (including phenoxy) is 1. The van der Waals surface area contributed by atoms with Crippen LogP contribution in [0.1, 0.15) is 31.7 Å². The molecule has 1 fully saturated rings. The van der Waals surface area contributed by atoms with Gasteiger partial charge in [-0.1, -0.05) is 54.6 Å². The first-order chi connectivity index (χ1) is 15.9. The Hall–Kier alpha value is -3.87. The Balaban J connectivity index is 1.61. The molecular formula is C26H25N3O4. The molecule has 0 bridgehead atoms. The van der Waals surface area contributed by atoms with E-state index in [1.54, 1.807) is 18.9 Å². The van der Waals surface area contributed by atoms with Crippen LogP contribution in [-0.4, -0.2) is 35.2 Å². The third-order valence-corrected chi connectivity index (χ3v) is 6.65. The van der Waals surface area contributed by atoms with Crippen LogP contribution in [0.2, 0.25) is 0 Å². The van der Waals surface area contributed by atoms with Gasteiger partial charge in [-0.05, 0) is 43.4 Å². The predicted molar refractivity (Wildman–Crippen MR) is 125 cm³/mol. The molecule has 1 aliphatic carbocycles. The zero-order chi connectivity index (χ0) is 23.2. The van der Waals surface area contributed by atoms with Crippen LogP contribution in [0.5, 0.6) is 5.88 Å². The standard InChI is InChI=1S/C26H25N3O4/c1-16-24(30)29(2)21-15-20(17-7-4-3-5-8-17)22(27-23(21)33-16)18-9-11-19(12-10-18)26(13-6-14-26)28-25(31)32/h3-5,7-12,15-16,28H,6,13-14H2,1-2H3,(H,31,32). The highest BCUT2D eigenvalue weighted by Crippen LogP contribution is 2.43. The van der Waals surface area contributed by atoms with Gasteiger partial charge in [-0.3, -0.25) is 4.79 Å². The van der Waals surface area contributed by atoms with Gasteiger partial charge in [0.2, 0.25) is 5.88 Å². The average molecular weight is 444 g/mol. The van der Waals surface area contributed by atoms with Crippen LogP contribution >= 0.6 is 0 Å². The summed E-state index contributed by atoms with van der Waals surface area (Å²) < 4.78 is 5.84. The predicted octanol–water partition coefficient (Wildman–Crippen LogP) is 4.81. The van der Waals surface area contributed by atoms with Crippen molar-refractivity contribution < 1.29 is 19.4 Å². The SMILES string of the molecule is CC1Oc2nc(-c3ccc(C4(NC(=O)O)CCC4)cc3)c(-c3ccccc3)cc2N(C)C1=O. The van der Waals surface area contributed by atoms with Gasteiger partial charge in [0.05, 0.1) is 11.2 Å². The first kappa shape index (κ1) is 21.0. The van der Waals surface area contributed by atoms with E-state index in [1.807, 2.05) is 60.7 Å². The highest BCUT2D eigenvalue weighted by atomic mass is 16.5. The summed E-state index contributed by atoms with van der Waals surface area (Å²) in [5.74, 6) is 0.309. The zero-order valence-corrected chi connectivity index (χ0v) is 18.5. The third-order valence-electron chi connectivity index (χ3n) is 6.65. The number of rotatable bonds is 4. The number of likely N-dealkylation sites (N-methyl/N-ethyl adjacent to an activating group) is 1. The summed E-state index contributed by atoms with van der Waals surface area (Å²) in [6.07, 6.45) is 0.961. The molecule has 1 unspecified atom stereocenters. The molecule has 1 aliphatic heterocycles. The summed E-state index contributed by atoms with van der Waals surface area (Å²) in [5.41, 5.74) is 4.58. The van der Waals surface area contributed by atoms with Crippen molar-refractivity contribution in [3.8, 4) is 28.3 Å². The Morgan fingerprint density at radius 1 is 1.12 bits per heavy atom. The highest BCUT2D eigenvalue weighted by molar-refractivity contribution is 6.00. The van der Waals surface area contributed by atoms with Crippen LogP contribution in [0.3, 0.4) is 0 Å². The first-order valence-corrected chi connectivity index (χ1v) is 11.0. The van der Waals surface area contributed by atoms with Crippen molar-refractivity contribution in [2.45, 2.75) is 37.8 Å². The molecule has 0 radical (unpaired) electrons. The molecule has 2 amide bonds. The molecule has 7 nitrogen and oxygen atoms in total. The van der Waals surface area contributed by atoms with E-state index < -0.39 is 17.7 Å². The lowest BCUT2D eigenvalue weighted by molar-refractivity contribution is -0.125. The number of hydrogen-bond donors (Lipinski definition) is 2. The minimum atomic E-state index is -1.01. The first-order valence-electron chi connectivity index (χ1n) is 11.0. The van der Waals surface area contributed by atoms with Crippen molar-refractivity contribution in [3.63, 3.8) is 0 Å². The van der Waals surface area contributed by atoms with Gasteiger partial charge in [-0.2, -0.15) is 0 Å². The van der Waals surface area contributed by atoms with Crippen molar-refractivity contribution in [2.75, 3.05) is 11.9 Å². The van der Waals surface area contributed by atoms with Crippen LogP contribution < -0.4 is 15.0 Å². The molecule has 168 valence electrons. The Labute approximate surface area is 192 Å². The lowest BCUT2D eigenvalue weighted by Gasteiger charge is -2.42. The number of aromatic nitrogens is 1. The topological polar surface area (TPSA) is 91.8 Å². The molecule has 1 atom stereocenters. The van der Waals surface area contributed by atoms with E-state index in [9.17, 15) is 14.7 Å². The average Bonchev–Trinajstić information content (AvgIpc) is 2.80. The maximum absolute atomic E-state index is 12.5. The summed E-state index contributed by atoms with van der Waals surface area (Å²) in [4.78, 5) is 30.2. The summed E-state index contributed by atoms with van der Waals surface area (Å²) >= 11 is 0. The smallest absolute Gasteiger partial charge is 0.405 e. The summed E-state index contributed by atoms with van der Waals surface area (Å²) in [7, 11) is 1.73. The Bertz CT molecular complexity index is 1220. The number of anilines is 1. The van der Waals surface area contributed by atoms with Gasteiger partial charge in [0, 0.05) is 18.2 Å². The van der Waals surface area contributed by atoms with Crippen molar-refractivity contribution in [3.05, 3.63) is 66.2 Å². The fraction of sp³-hybridized carbons (Fsp3) is 0.269. The van der Waals surface area contributed by atoms with Crippen LogP contribution in [0.4, 0.5) is 10.5 Å². The van der Waals surface area contributed by atoms with Gasteiger partial charge < -0.3 is 20.1 Å². The second-order valence-electron chi connectivity index (χ2n) is 8.68. The van der Waals surface area contributed by atoms with Gasteiger partial charge in [0.1, 0.15) is 5.69 Å². The fourth-order valence-electron chi connectivity index (χ4n) is 4.65. The summed E-state index contributed by atoms with van der Waals surface area (Å²) in [6, 6.07) is 19.7. The van der Waals surface area contributed by atoms with Gasteiger partial charge in [0.25, 0.3) is 5.91 Å².